The lowest BCUT2D eigenvalue weighted by molar-refractivity contribution is -0.128. The fourth-order valence-corrected chi connectivity index (χ4v) is 6.79. The van der Waals surface area contributed by atoms with Crippen molar-refractivity contribution in [1.29, 1.82) is 5.26 Å². The van der Waals surface area contributed by atoms with Crippen LogP contribution >= 0.6 is 0 Å². The highest BCUT2D eigenvalue weighted by Gasteiger charge is 2.36. The van der Waals surface area contributed by atoms with E-state index in [2.05, 4.69) is 60.6 Å². The summed E-state index contributed by atoms with van der Waals surface area (Å²) in [5.74, 6) is 0.275. The number of ether oxygens (including phenoxy) is 1. The molecule has 2 N–H and O–H groups in total. The van der Waals surface area contributed by atoms with Crippen LogP contribution in [0.5, 0.6) is 11.5 Å². The topological polar surface area (TPSA) is 129 Å². The van der Waals surface area contributed by atoms with E-state index >= 15 is 4.39 Å². The second-order valence-electron chi connectivity index (χ2n) is 13.4. The summed E-state index contributed by atoms with van der Waals surface area (Å²) in [5.41, 5.74) is 6.96. The number of nitrogens with two attached hydrogens (primary N) is 1. The second kappa shape index (κ2) is 13.3. The normalized spacial score (nSPS) is 21.3. The number of rotatable bonds is 7. The number of nitrogens with zero attached hydrogens (tertiary/aromatic N) is 8. The number of carbonyl (C=O) groups is 1. The first-order chi connectivity index (χ1) is 23.0. The number of nitriles is 1. The van der Waals surface area contributed by atoms with Crippen LogP contribution in [0.4, 0.5) is 10.2 Å². The van der Waals surface area contributed by atoms with Gasteiger partial charge in [0.2, 0.25) is 0 Å². The largest absolute Gasteiger partial charge is 0.457 e. The van der Waals surface area contributed by atoms with Gasteiger partial charge in [-0.25, -0.2) is 19.0 Å². The van der Waals surface area contributed by atoms with Crippen LogP contribution in [0.15, 0.2) is 66.5 Å². The van der Waals surface area contributed by atoms with Crippen LogP contribution in [0.3, 0.4) is 0 Å². The maximum atomic E-state index is 15.7. The molecule has 0 saturated carbocycles. The molecular formula is C36H42FN9O2. The monoisotopic (exact) mass is 651 g/mol. The van der Waals surface area contributed by atoms with Crippen molar-refractivity contribution in [3.05, 3.63) is 72.3 Å². The number of carbonyl (C=O) groups excluding carboxylic acids is 1. The highest BCUT2D eigenvalue weighted by Crippen LogP contribution is 2.36. The molecule has 48 heavy (non-hydrogen) atoms. The molecule has 2 aliphatic heterocycles. The predicted molar refractivity (Wildman–Crippen MR) is 183 cm³/mol. The van der Waals surface area contributed by atoms with E-state index < -0.39 is 11.4 Å². The molecule has 2 aromatic heterocycles. The molecule has 0 radical (unpaired) electrons. The van der Waals surface area contributed by atoms with Crippen LogP contribution in [0.2, 0.25) is 0 Å². The highest BCUT2D eigenvalue weighted by molar-refractivity contribution is 5.99. The van der Waals surface area contributed by atoms with E-state index in [-0.39, 0.29) is 28.9 Å². The van der Waals surface area contributed by atoms with E-state index in [9.17, 15) is 10.1 Å². The first-order valence-corrected chi connectivity index (χ1v) is 16.4. The molecule has 0 bridgehead atoms. The SMILES string of the molecule is C[C@@H]1CN(C(C)(C)C=C(C#N)C(=O)N2CCC[C@H](n3nc(-c4ccc(Oc5ccccc5)cc4F)c4c(N)ncnc43)C2)C[C@H](C)N1C. The number of halogens is 1. The number of hydrogen-bond donors (Lipinski definition) is 1. The Morgan fingerprint density at radius 2 is 1.81 bits per heavy atom. The number of nitrogen functional groups attached to an aromatic ring is 1. The summed E-state index contributed by atoms with van der Waals surface area (Å²) in [7, 11) is 2.13. The molecular weight excluding hydrogens is 609 g/mol. The van der Waals surface area contributed by atoms with Gasteiger partial charge in [-0.3, -0.25) is 14.6 Å². The maximum Gasteiger partial charge on any atom is 0.264 e. The molecule has 2 saturated heterocycles. The average Bonchev–Trinajstić information content (AvgIpc) is 3.47. The number of piperazine rings is 1. The van der Waals surface area contributed by atoms with Crippen LogP contribution in [0.25, 0.3) is 22.3 Å². The van der Waals surface area contributed by atoms with Gasteiger partial charge >= 0.3 is 0 Å². The third-order valence-electron chi connectivity index (χ3n) is 9.75. The molecule has 12 heteroatoms. The lowest BCUT2D eigenvalue weighted by atomic mass is 9.94. The third kappa shape index (κ3) is 6.48. The molecule has 2 aliphatic rings. The summed E-state index contributed by atoms with van der Waals surface area (Å²) in [6.07, 6.45) is 4.58. The summed E-state index contributed by atoms with van der Waals surface area (Å²) >= 11 is 0. The van der Waals surface area contributed by atoms with Gasteiger partial charge < -0.3 is 15.4 Å². The Balaban J connectivity index is 1.27. The summed E-state index contributed by atoms with van der Waals surface area (Å²) in [6, 6.07) is 16.4. The molecule has 3 atom stereocenters. The number of likely N-dealkylation sites (tertiary alicyclic amines) is 1. The lowest BCUT2D eigenvalue weighted by Crippen LogP contribution is -2.60. The molecule has 0 unspecified atom stereocenters. The van der Waals surface area contributed by atoms with Gasteiger partial charge in [-0.15, -0.1) is 0 Å². The summed E-state index contributed by atoms with van der Waals surface area (Å²) < 4.78 is 23.2. The fourth-order valence-electron chi connectivity index (χ4n) is 6.79. The fraction of sp³-hybridized carbons (Fsp3) is 0.417. The van der Waals surface area contributed by atoms with Gasteiger partial charge in [-0.2, -0.15) is 10.4 Å². The number of anilines is 1. The van der Waals surface area contributed by atoms with E-state index in [0.29, 0.717) is 66.2 Å². The molecule has 2 fully saturated rings. The number of piperidine rings is 1. The standard InChI is InChI=1S/C36H42FN9O2/c1-23-19-45(20-24(2)43(23)5)36(3,4)17-25(18-38)35(47)44-15-9-10-26(21-44)46-34-31(33(39)40-22-41-34)32(42-46)29-14-13-28(16-30(29)37)48-27-11-7-6-8-12-27/h6-8,11-14,16-17,22-24,26H,9-10,15,19-21H2,1-5H3,(H2,39,40,41)/t23-,24+,26-/m0/s1. The van der Waals surface area contributed by atoms with Crippen LogP contribution in [-0.2, 0) is 4.79 Å². The number of fused-ring (bicyclic) bond motifs is 1. The highest BCUT2D eigenvalue weighted by atomic mass is 19.1. The summed E-state index contributed by atoms with van der Waals surface area (Å²) in [5, 5.41) is 15.4. The van der Waals surface area contributed by atoms with E-state index in [4.69, 9.17) is 15.6 Å². The van der Waals surface area contributed by atoms with Crippen LogP contribution in [0, 0.1) is 17.1 Å². The molecule has 4 heterocycles. The number of likely N-dealkylation sites (N-methyl/N-ethyl adjacent to an activating group) is 1. The number of aromatic nitrogens is 4. The molecule has 4 aromatic rings. The van der Waals surface area contributed by atoms with Gasteiger partial charge in [0.1, 0.15) is 46.8 Å². The molecule has 1 amide bonds. The Labute approximate surface area is 280 Å². The van der Waals surface area contributed by atoms with Gasteiger partial charge in [-0.05, 0) is 77.9 Å². The van der Waals surface area contributed by atoms with E-state index in [1.54, 1.807) is 33.8 Å². The second-order valence-corrected chi connectivity index (χ2v) is 13.4. The number of amides is 1. The smallest absolute Gasteiger partial charge is 0.264 e. The van der Waals surface area contributed by atoms with Gasteiger partial charge in [-0.1, -0.05) is 18.2 Å². The number of hydrogen-bond acceptors (Lipinski definition) is 9. The van der Waals surface area contributed by atoms with E-state index in [1.807, 2.05) is 24.3 Å². The quantitative estimate of drug-likeness (QED) is 0.206. The minimum absolute atomic E-state index is 0.123. The van der Waals surface area contributed by atoms with Crippen LogP contribution in [0.1, 0.15) is 46.6 Å². The summed E-state index contributed by atoms with van der Waals surface area (Å²) in [6.45, 7) is 11.0. The predicted octanol–water partition coefficient (Wildman–Crippen LogP) is 5.42. The van der Waals surface area contributed by atoms with Crippen molar-refractivity contribution < 1.29 is 13.9 Å². The lowest BCUT2D eigenvalue weighted by Gasteiger charge is -2.48. The van der Waals surface area contributed by atoms with Crippen molar-refractivity contribution >= 4 is 22.8 Å². The minimum atomic E-state index is -0.533. The minimum Gasteiger partial charge on any atom is -0.457 e. The molecule has 11 nitrogen and oxygen atoms in total. The van der Waals surface area contributed by atoms with Gasteiger partial charge in [0.25, 0.3) is 5.91 Å². The first-order valence-electron chi connectivity index (χ1n) is 16.4. The molecule has 250 valence electrons. The maximum absolute atomic E-state index is 15.7. The van der Waals surface area contributed by atoms with Crippen LogP contribution in [-0.4, -0.2) is 91.2 Å². The Morgan fingerprint density at radius 1 is 1.08 bits per heavy atom. The van der Waals surface area contributed by atoms with Gasteiger partial charge in [0, 0.05) is 55.4 Å². The van der Waals surface area contributed by atoms with E-state index in [1.165, 1.54) is 12.4 Å². The molecule has 0 spiro atoms. The molecule has 6 rings (SSSR count). The Bertz CT molecular complexity index is 1870. The zero-order valence-electron chi connectivity index (χ0n) is 28.1. The van der Waals surface area contributed by atoms with Crippen LogP contribution < -0.4 is 10.5 Å². The van der Waals surface area contributed by atoms with Crippen molar-refractivity contribution in [3.63, 3.8) is 0 Å². The zero-order chi connectivity index (χ0) is 34.2. The zero-order valence-corrected chi connectivity index (χ0v) is 28.1. The average molecular weight is 652 g/mol. The summed E-state index contributed by atoms with van der Waals surface area (Å²) in [4.78, 5) is 28.9. The number of benzene rings is 2. The first kappa shape index (κ1) is 33.1. The van der Waals surface area contributed by atoms with E-state index in [0.717, 1.165) is 13.1 Å². The van der Waals surface area contributed by atoms with Crippen molar-refractivity contribution in [2.24, 2.45) is 0 Å². The van der Waals surface area contributed by atoms with Crippen molar-refractivity contribution in [3.8, 4) is 28.8 Å². The van der Waals surface area contributed by atoms with Crippen molar-refractivity contribution in [1.82, 2.24) is 34.4 Å². The third-order valence-corrected chi connectivity index (χ3v) is 9.75. The van der Waals surface area contributed by atoms with Gasteiger partial charge in [0.05, 0.1) is 11.4 Å². The Kier molecular flexibility index (Phi) is 9.18. The Hall–Kier alpha value is -4.86. The van der Waals surface area contributed by atoms with Crippen molar-refractivity contribution in [2.75, 3.05) is 39.0 Å². The van der Waals surface area contributed by atoms with Crippen molar-refractivity contribution in [2.45, 2.75) is 64.2 Å². The Morgan fingerprint density at radius 3 is 2.50 bits per heavy atom. The molecule has 2 aromatic carbocycles. The molecule has 0 aliphatic carbocycles. The number of para-hydroxylation sites is 1. The van der Waals surface area contributed by atoms with Gasteiger partial charge in [0.15, 0.2) is 5.65 Å².